The van der Waals surface area contributed by atoms with Crippen LogP contribution in [0.1, 0.15) is 32.8 Å². The van der Waals surface area contributed by atoms with Crippen LogP contribution in [0, 0.1) is 0 Å². The molecule has 0 radical (unpaired) electrons. The van der Waals surface area contributed by atoms with Crippen molar-refractivity contribution in [3.8, 4) is 0 Å². The Balaban J connectivity index is 3.08. The monoisotopic (exact) mass is 440 g/mol. The molecule has 0 saturated heterocycles. The Bertz CT molecular complexity index is 692. The molecule has 2 N–H and O–H groups in total. The van der Waals surface area contributed by atoms with E-state index in [9.17, 15) is 14.4 Å². The molecular formula is C21H32N2O6S. The van der Waals surface area contributed by atoms with Crippen LogP contribution in [-0.2, 0) is 30.3 Å². The van der Waals surface area contributed by atoms with Crippen LogP contribution in [-0.4, -0.2) is 66.3 Å². The number of ether oxygens (including phenoxy) is 3. The van der Waals surface area contributed by atoms with Crippen molar-refractivity contribution >= 4 is 29.8 Å². The lowest BCUT2D eigenvalue weighted by molar-refractivity contribution is -0.165. The molecule has 0 aliphatic carbocycles. The molecule has 1 aromatic carbocycles. The fourth-order valence-corrected chi connectivity index (χ4v) is 2.94. The number of hydrogen-bond donors (Lipinski definition) is 1. The van der Waals surface area contributed by atoms with Gasteiger partial charge in [-0.25, -0.2) is 14.4 Å². The quantitative estimate of drug-likeness (QED) is 0.437. The summed E-state index contributed by atoms with van der Waals surface area (Å²) in [7, 11) is 1.39. The van der Waals surface area contributed by atoms with Crippen molar-refractivity contribution in [1.29, 1.82) is 0 Å². The molecule has 0 heterocycles. The summed E-state index contributed by atoms with van der Waals surface area (Å²) in [6.45, 7) is 5.08. The van der Waals surface area contributed by atoms with E-state index in [1.54, 1.807) is 20.8 Å². The summed E-state index contributed by atoms with van der Waals surface area (Å²) in [6.07, 6.45) is 1.55. The summed E-state index contributed by atoms with van der Waals surface area (Å²) >= 11 is 1.53. The van der Waals surface area contributed by atoms with Crippen LogP contribution in [0.4, 0.5) is 4.79 Å². The molecule has 8 nitrogen and oxygen atoms in total. The highest BCUT2D eigenvalue weighted by Crippen LogP contribution is 2.17. The highest BCUT2D eigenvalue weighted by Gasteiger charge is 2.36. The van der Waals surface area contributed by atoms with E-state index < -0.39 is 35.7 Å². The summed E-state index contributed by atoms with van der Waals surface area (Å²) in [5.74, 6) is -1.09. The number of amides is 1. The molecule has 2 atom stereocenters. The van der Waals surface area contributed by atoms with E-state index in [0.717, 1.165) is 5.56 Å². The predicted molar refractivity (Wildman–Crippen MR) is 116 cm³/mol. The Kier molecular flexibility index (Phi) is 10.9. The summed E-state index contributed by atoms with van der Waals surface area (Å²) < 4.78 is 15.6. The summed E-state index contributed by atoms with van der Waals surface area (Å²) in [4.78, 5) is 39.1. The molecule has 0 aromatic heterocycles. The van der Waals surface area contributed by atoms with Gasteiger partial charge in [-0.05, 0) is 44.8 Å². The van der Waals surface area contributed by atoms with Crippen molar-refractivity contribution in [2.45, 2.75) is 51.4 Å². The van der Waals surface area contributed by atoms with Crippen LogP contribution in [0.3, 0.4) is 0 Å². The third-order valence-corrected chi connectivity index (χ3v) is 4.58. The zero-order chi connectivity index (χ0) is 22.7. The zero-order valence-corrected chi connectivity index (χ0v) is 19.1. The van der Waals surface area contributed by atoms with Gasteiger partial charge in [0, 0.05) is 7.11 Å². The van der Waals surface area contributed by atoms with Gasteiger partial charge in [0.05, 0.1) is 13.2 Å². The minimum atomic E-state index is -1.18. The van der Waals surface area contributed by atoms with Crippen molar-refractivity contribution < 1.29 is 28.6 Å². The lowest BCUT2D eigenvalue weighted by Gasteiger charge is -2.32. The van der Waals surface area contributed by atoms with E-state index >= 15 is 0 Å². The molecule has 0 aliphatic rings. The highest BCUT2D eigenvalue weighted by molar-refractivity contribution is 7.98. The minimum absolute atomic E-state index is 0.0750. The summed E-state index contributed by atoms with van der Waals surface area (Å²) in [5, 5.41) is 0. The van der Waals surface area contributed by atoms with Crippen molar-refractivity contribution in [2.24, 2.45) is 5.73 Å². The average Bonchev–Trinajstić information content (AvgIpc) is 2.67. The maximum atomic E-state index is 12.9. The number of rotatable bonds is 10. The first kappa shape index (κ1) is 25.9. The van der Waals surface area contributed by atoms with Crippen LogP contribution in [0.5, 0.6) is 0 Å². The molecule has 30 heavy (non-hydrogen) atoms. The van der Waals surface area contributed by atoms with E-state index in [4.69, 9.17) is 19.9 Å². The van der Waals surface area contributed by atoms with E-state index in [1.165, 1.54) is 23.8 Å². The van der Waals surface area contributed by atoms with Gasteiger partial charge in [-0.15, -0.1) is 0 Å². The number of esters is 2. The number of hydrogen-bond acceptors (Lipinski definition) is 8. The molecule has 0 fully saturated rings. The van der Waals surface area contributed by atoms with Gasteiger partial charge in [-0.1, -0.05) is 30.3 Å². The maximum Gasteiger partial charge on any atom is 0.411 e. The molecular weight excluding hydrogens is 408 g/mol. The Hall–Kier alpha value is -2.10. The molecule has 0 unspecified atom stereocenters. The first-order chi connectivity index (χ1) is 14.1. The van der Waals surface area contributed by atoms with Crippen molar-refractivity contribution in [3.05, 3.63) is 35.9 Å². The predicted octanol–water partition coefficient (Wildman–Crippen LogP) is 2.59. The number of thioether (sulfide) groups is 1. The fourth-order valence-electron chi connectivity index (χ4n) is 2.45. The van der Waals surface area contributed by atoms with Gasteiger partial charge in [0.15, 0.2) is 6.04 Å². The molecule has 168 valence electrons. The normalized spacial score (nSPS) is 13.3. The van der Waals surface area contributed by atoms with E-state index in [0.29, 0.717) is 12.2 Å². The second kappa shape index (κ2) is 12.6. The molecule has 1 amide bonds. The third-order valence-electron chi connectivity index (χ3n) is 3.93. The first-order valence-electron chi connectivity index (χ1n) is 9.61. The molecule has 0 spiro atoms. The van der Waals surface area contributed by atoms with Crippen LogP contribution in [0.15, 0.2) is 30.3 Å². The Morgan fingerprint density at radius 3 is 2.30 bits per heavy atom. The van der Waals surface area contributed by atoms with Gasteiger partial charge in [0.2, 0.25) is 0 Å². The van der Waals surface area contributed by atoms with Gasteiger partial charge in [0.25, 0.3) is 0 Å². The molecule has 0 saturated carbocycles. The minimum Gasteiger partial charge on any atom is -0.444 e. The highest BCUT2D eigenvalue weighted by atomic mass is 32.2. The molecule has 0 bridgehead atoms. The van der Waals surface area contributed by atoms with Crippen LogP contribution < -0.4 is 5.73 Å². The average molecular weight is 441 g/mol. The summed E-state index contributed by atoms with van der Waals surface area (Å²) in [6, 6.07) is 7.01. The number of nitrogens with zero attached hydrogens (tertiary/aromatic N) is 1. The van der Waals surface area contributed by atoms with Crippen molar-refractivity contribution in [3.63, 3.8) is 0 Å². The van der Waals surface area contributed by atoms with Crippen LogP contribution >= 0.6 is 11.8 Å². The van der Waals surface area contributed by atoms with Crippen LogP contribution in [0.2, 0.25) is 0 Å². The standard InChI is InChI=1S/C21H32N2O6S/c1-21(2,3)29-20(26)23(13-15-9-7-6-8-10-15)17(14-27-4)19(25)28-18(24)16(22)11-12-30-5/h6-10,16-17H,11-14,22H2,1-5H3/t16-,17-/m0/s1. The second-order valence-corrected chi connectivity index (χ2v) is 8.68. The Labute approximate surface area is 182 Å². The summed E-state index contributed by atoms with van der Waals surface area (Å²) in [5.41, 5.74) is 5.80. The van der Waals surface area contributed by atoms with Gasteiger partial charge in [-0.3, -0.25) is 4.90 Å². The number of nitrogens with two attached hydrogens (primary N) is 1. The smallest absolute Gasteiger partial charge is 0.411 e. The van der Waals surface area contributed by atoms with Gasteiger partial charge in [-0.2, -0.15) is 11.8 Å². The number of benzene rings is 1. The van der Waals surface area contributed by atoms with Gasteiger partial charge in [0.1, 0.15) is 11.6 Å². The Morgan fingerprint density at radius 2 is 1.77 bits per heavy atom. The van der Waals surface area contributed by atoms with Crippen molar-refractivity contribution in [1.82, 2.24) is 4.90 Å². The lowest BCUT2D eigenvalue weighted by Crippen LogP contribution is -2.50. The third kappa shape index (κ3) is 9.15. The maximum absolute atomic E-state index is 12.9. The fraction of sp³-hybridized carbons (Fsp3) is 0.571. The largest absolute Gasteiger partial charge is 0.444 e. The van der Waals surface area contributed by atoms with Gasteiger partial charge < -0.3 is 19.9 Å². The van der Waals surface area contributed by atoms with Crippen LogP contribution in [0.25, 0.3) is 0 Å². The lowest BCUT2D eigenvalue weighted by atomic mass is 10.1. The SMILES string of the molecule is COC[C@@H](C(=O)OC(=O)[C@@H](N)CCSC)N(Cc1ccccc1)C(=O)OC(C)(C)C. The van der Waals surface area contributed by atoms with E-state index in [-0.39, 0.29) is 13.2 Å². The van der Waals surface area contributed by atoms with E-state index in [2.05, 4.69) is 0 Å². The molecule has 1 rings (SSSR count). The van der Waals surface area contributed by atoms with Gasteiger partial charge >= 0.3 is 18.0 Å². The van der Waals surface area contributed by atoms with E-state index in [1.807, 2.05) is 36.6 Å². The molecule has 1 aromatic rings. The number of methoxy groups -OCH3 is 1. The molecule has 0 aliphatic heterocycles. The second-order valence-electron chi connectivity index (χ2n) is 7.69. The zero-order valence-electron chi connectivity index (χ0n) is 18.3. The Morgan fingerprint density at radius 1 is 1.13 bits per heavy atom. The number of carbonyl (C=O) groups excluding carboxylic acids is 3. The van der Waals surface area contributed by atoms with Crippen molar-refractivity contribution in [2.75, 3.05) is 25.7 Å². The first-order valence-corrected chi connectivity index (χ1v) is 11.0. The topological polar surface area (TPSA) is 108 Å². The molecule has 9 heteroatoms. The number of carbonyl (C=O) groups is 3.